The van der Waals surface area contributed by atoms with Crippen molar-refractivity contribution in [1.82, 2.24) is 0 Å². The van der Waals surface area contributed by atoms with Crippen LogP contribution in [0.1, 0.15) is 0 Å². The third-order valence-corrected chi connectivity index (χ3v) is 2.53. The molecule has 0 aromatic heterocycles. The third kappa shape index (κ3) is 1.14. The SMILES string of the molecule is F[Si]c1cccc2ccccc12. The van der Waals surface area contributed by atoms with Gasteiger partial charge in [-0.25, -0.2) is 0 Å². The molecule has 0 aliphatic heterocycles. The van der Waals surface area contributed by atoms with Crippen molar-refractivity contribution in [3.8, 4) is 0 Å². The van der Waals surface area contributed by atoms with E-state index in [1.165, 1.54) is 0 Å². The second kappa shape index (κ2) is 3.07. The molecule has 0 amide bonds. The number of halogens is 1. The molecule has 2 heteroatoms. The molecule has 2 aromatic rings. The summed E-state index contributed by atoms with van der Waals surface area (Å²) in [4.78, 5) is 0. The maximum absolute atomic E-state index is 12.5. The van der Waals surface area contributed by atoms with Crippen LogP contribution in [0.2, 0.25) is 0 Å². The van der Waals surface area contributed by atoms with E-state index in [0.29, 0.717) is 0 Å². The number of fused-ring (bicyclic) bond motifs is 1. The summed E-state index contributed by atoms with van der Waals surface area (Å²) >= 11 is 0. The van der Waals surface area contributed by atoms with Gasteiger partial charge in [-0.1, -0.05) is 42.5 Å². The number of hydrogen-bond acceptors (Lipinski definition) is 0. The first kappa shape index (κ1) is 7.49. The van der Waals surface area contributed by atoms with Crippen molar-refractivity contribution in [2.24, 2.45) is 0 Å². The Balaban J connectivity index is 2.79. The van der Waals surface area contributed by atoms with Gasteiger partial charge in [-0.3, -0.25) is 0 Å². The van der Waals surface area contributed by atoms with E-state index >= 15 is 0 Å². The molecule has 58 valence electrons. The largest absolute Gasteiger partial charge is 0.334 e. The summed E-state index contributed by atoms with van der Waals surface area (Å²) in [7, 11) is -0.616. The average molecular weight is 174 g/mol. The Bertz CT molecular complexity index is 392. The molecule has 2 radical (unpaired) electrons. The monoisotopic (exact) mass is 174 g/mol. The van der Waals surface area contributed by atoms with Crippen molar-refractivity contribution >= 4 is 25.8 Å². The lowest BCUT2D eigenvalue weighted by Crippen LogP contribution is -2.09. The average Bonchev–Trinajstić information content (AvgIpc) is 2.17. The van der Waals surface area contributed by atoms with Crippen LogP contribution in [0.4, 0.5) is 4.11 Å². The van der Waals surface area contributed by atoms with E-state index in [1.807, 2.05) is 42.5 Å². The molecule has 0 spiro atoms. The van der Waals surface area contributed by atoms with Crippen molar-refractivity contribution in [2.45, 2.75) is 0 Å². The van der Waals surface area contributed by atoms with E-state index in [2.05, 4.69) is 0 Å². The quantitative estimate of drug-likeness (QED) is 0.458. The fourth-order valence-corrected chi connectivity index (χ4v) is 1.80. The molecule has 0 fully saturated rings. The smallest absolute Gasteiger partial charge is 0.308 e. The summed E-state index contributed by atoms with van der Waals surface area (Å²) < 4.78 is 12.5. The fraction of sp³-hybridized carbons (Fsp3) is 0. The predicted molar refractivity (Wildman–Crippen MR) is 50.4 cm³/mol. The maximum atomic E-state index is 12.5. The first-order valence-corrected chi connectivity index (χ1v) is 4.64. The minimum absolute atomic E-state index is 0.616. The highest BCUT2D eigenvalue weighted by molar-refractivity contribution is 6.50. The molecule has 0 saturated heterocycles. The zero-order valence-corrected chi connectivity index (χ0v) is 7.42. The number of rotatable bonds is 1. The lowest BCUT2D eigenvalue weighted by molar-refractivity contribution is 0.885. The van der Waals surface area contributed by atoms with Crippen LogP contribution >= 0.6 is 0 Å². The summed E-state index contributed by atoms with van der Waals surface area (Å²) in [5.74, 6) is 0. The second-order valence-corrected chi connectivity index (χ2v) is 3.35. The molecule has 0 nitrogen and oxygen atoms in total. The number of hydrogen-bond donors (Lipinski definition) is 0. The summed E-state index contributed by atoms with van der Waals surface area (Å²) in [5.41, 5.74) is 0. The first-order valence-electron chi connectivity index (χ1n) is 3.76. The zero-order valence-electron chi connectivity index (χ0n) is 6.42. The van der Waals surface area contributed by atoms with E-state index < -0.39 is 9.85 Å². The van der Waals surface area contributed by atoms with Crippen molar-refractivity contribution in [2.75, 3.05) is 0 Å². The normalized spacial score (nSPS) is 10.4. The Morgan fingerprint density at radius 3 is 2.50 bits per heavy atom. The first-order chi connectivity index (χ1) is 5.92. The summed E-state index contributed by atoms with van der Waals surface area (Å²) in [5, 5.41) is 2.94. The van der Waals surface area contributed by atoms with Crippen molar-refractivity contribution in [3.05, 3.63) is 42.5 Å². The molecular formula is C10H7FSi. The molecule has 0 atom stereocenters. The molecule has 0 aliphatic rings. The molecule has 12 heavy (non-hydrogen) atoms. The summed E-state index contributed by atoms with van der Waals surface area (Å²) in [6, 6.07) is 13.6. The minimum Gasteiger partial charge on any atom is -0.308 e. The Kier molecular flexibility index (Phi) is 1.92. The molecule has 0 bridgehead atoms. The van der Waals surface area contributed by atoms with E-state index in [0.717, 1.165) is 16.0 Å². The summed E-state index contributed by atoms with van der Waals surface area (Å²) in [6.07, 6.45) is 0. The molecule has 0 saturated carbocycles. The van der Waals surface area contributed by atoms with Gasteiger partial charge in [0.15, 0.2) is 0 Å². The Hall–Kier alpha value is -1.15. The van der Waals surface area contributed by atoms with Crippen LogP contribution in [-0.2, 0) is 0 Å². The molecular weight excluding hydrogens is 167 g/mol. The van der Waals surface area contributed by atoms with Crippen LogP contribution in [0, 0.1) is 0 Å². The van der Waals surface area contributed by atoms with Gasteiger partial charge in [0.25, 0.3) is 0 Å². The van der Waals surface area contributed by atoms with Gasteiger partial charge in [0.1, 0.15) is 0 Å². The molecule has 0 unspecified atom stereocenters. The highest BCUT2D eigenvalue weighted by Crippen LogP contribution is 2.09. The van der Waals surface area contributed by atoms with Gasteiger partial charge >= 0.3 is 9.85 Å². The standard InChI is InChI=1S/C10H7FSi/c11-12-10-7-3-5-8-4-1-2-6-9(8)10/h1-7H. The van der Waals surface area contributed by atoms with Crippen LogP contribution < -0.4 is 5.19 Å². The molecule has 0 heterocycles. The van der Waals surface area contributed by atoms with Crippen molar-refractivity contribution in [3.63, 3.8) is 0 Å². The van der Waals surface area contributed by atoms with Gasteiger partial charge in [0, 0.05) is 0 Å². The fourth-order valence-electron chi connectivity index (χ4n) is 1.31. The van der Waals surface area contributed by atoms with Gasteiger partial charge in [-0.2, -0.15) is 0 Å². The van der Waals surface area contributed by atoms with E-state index in [1.54, 1.807) is 0 Å². The van der Waals surface area contributed by atoms with E-state index in [4.69, 9.17) is 0 Å². The lowest BCUT2D eigenvalue weighted by atomic mass is 10.1. The van der Waals surface area contributed by atoms with Gasteiger partial charge < -0.3 is 4.11 Å². The Morgan fingerprint density at radius 2 is 1.67 bits per heavy atom. The van der Waals surface area contributed by atoms with Crippen LogP contribution in [0.5, 0.6) is 0 Å². The van der Waals surface area contributed by atoms with Gasteiger partial charge in [0.2, 0.25) is 0 Å². The van der Waals surface area contributed by atoms with Crippen LogP contribution in [0.15, 0.2) is 42.5 Å². The van der Waals surface area contributed by atoms with Crippen molar-refractivity contribution in [1.29, 1.82) is 0 Å². The van der Waals surface area contributed by atoms with Crippen LogP contribution in [0.25, 0.3) is 10.8 Å². The molecule has 2 aromatic carbocycles. The van der Waals surface area contributed by atoms with Gasteiger partial charge in [-0.05, 0) is 16.0 Å². The topological polar surface area (TPSA) is 0 Å². The molecule has 0 aliphatic carbocycles. The van der Waals surface area contributed by atoms with Crippen LogP contribution in [0.3, 0.4) is 0 Å². The Labute approximate surface area is 73.0 Å². The molecule has 2 rings (SSSR count). The molecule has 0 N–H and O–H groups in total. The van der Waals surface area contributed by atoms with E-state index in [-0.39, 0.29) is 0 Å². The van der Waals surface area contributed by atoms with Crippen molar-refractivity contribution < 1.29 is 4.11 Å². The zero-order chi connectivity index (χ0) is 8.39. The minimum atomic E-state index is -0.616. The Morgan fingerprint density at radius 1 is 0.917 bits per heavy atom. The van der Waals surface area contributed by atoms with Gasteiger partial charge in [-0.15, -0.1) is 0 Å². The lowest BCUT2D eigenvalue weighted by Gasteiger charge is -1.99. The van der Waals surface area contributed by atoms with Gasteiger partial charge in [0.05, 0.1) is 0 Å². The van der Waals surface area contributed by atoms with Crippen LogP contribution in [-0.4, -0.2) is 9.85 Å². The highest BCUT2D eigenvalue weighted by atomic mass is 28.3. The summed E-state index contributed by atoms with van der Waals surface area (Å²) in [6.45, 7) is 0. The second-order valence-electron chi connectivity index (χ2n) is 2.62. The third-order valence-electron chi connectivity index (χ3n) is 1.89. The number of benzene rings is 2. The maximum Gasteiger partial charge on any atom is 0.334 e. The van der Waals surface area contributed by atoms with E-state index in [9.17, 15) is 4.11 Å². The predicted octanol–water partition coefficient (Wildman–Crippen LogP) is 2.05. The highest BCUT2D eigenvalue weighted by Gasteiger charge is 1.99.